The number of nitrogens with zero attached hydrogens (tertiary/aromatic N) is 1. The first-order valence-corrected chi connectivity index (χ1v) is 4.65. The van der Waals surface area contributed by atoms with Crippen LogP contribution in [0.5, 0.6) is 0 Å². The molecule has 0 saturated heterocycles. The normalized spacial score (nSPS) is 9.57. The van der Waals surface area contributed by atoms with E-state index in [0.717, 1.165) is 4.47 Å². The summed E-state index contributed by atoms with van der Waals surface area (Å²) in [6.45, 7) is 0. The van der Waals surface area contributed by atoms with Gasteiger partial charge in [0.2, 0.25) is 0 Å². The zero-order valence-corrected chi connectivity index (χ0v) is 9.11. The van der Waals surface area contributed by atoms with Gasteiger partial charge in [0, 0.05) is 11.5 Å². The van der Waals surface area contributed by atoms with E-state index in [4.69, 9.17) is 5.73 Å². The first kappa shape index (κ1) is 10.7. The van der Waals surface area contributed by atoms with Crippen molar-refractivity contribution in [3.63, 3.8) is 0 Å². The predicted octanol–water partition coefficient (Wildman–Crippen LogP) is 0.897. The maximum Gasteiger partial charge on any atom is 0.315 e. The number of rotatable bonds is 1. The van der Waals surface area contributed by atoms with E-state index in [1.807, 2.05) is 6.07 Å². The first-order chi connectivity index (χ1) is 6.54. The van der Waals surface area contributed by atoms with Crippen LogP contribution in [0.15, 0.2) is 28.7 Å². The Balaban J connectivity index is 3.01. The van der Waals surface area contributed by atoms with Crippen molar-refractivity contribution >= 4 is 33.4 Å². The zero-order valence-electron chi connectivity index (χ0n) is 7.53. The Bertz CT molecular complexity index is 379. The average molecular weight is 257 g/mol. The van der Waals surface area contributed by atoms with Crippen LogP contribution in [0.3, 0.4) is 0 Å². The summed E-state index contributed by atoms with van der Waals surface area (Å²) in [7, 11) is 1.49. The van der Waals surface area contributed by atoms with Crippen LogP contribution in [-0.4, -0.2) is 18.9 Å². The van der Waals surface area contributed by atoms with Crippen molar-refractivity contribution in [3.05, 3.63) is 28.7 Å². The van der Waals surface area contributed by atoms with E-state index < -0.39 is 11.8 Å². The molecule has 4 nitrogen and oxygen atoms in total. The molecule has 0 radical (unpaired) electrons. The van der Waals surface area contributed by atoms with E-state index in [2.05, 4.69) is 15.9 Å². The van der Waals surface area contributed by atoms with Crippen LogP contribution < -0.4 is 10.6 Å². The fourth-order valence-electron chi connectivity index (χ4n) is 0.998. The maximum absolute atomic E-state index is 11.2. The first-order valence-electron chi connectivity index (χ1n) is 3.86. The highest BCUT2D eigenvalue weighted by Crippen LogP contribution is 2.24. The van der Waals surface area contributed by atoms with Crippen molar-refractivity contribution in [2.45, 2.75) is 0 Å². The number of hydrogen-bond acceptors (Lipinski definition) is 2. The predicted molar refractivity (Wildman–Crippen MR) is 56.7 cm³/mol. The molecule has 0 fully saturated rings. The van der Waals surface area contributed by atoms with E-state index in [-0.39, 0.29) is 0 Å². The molecule has 0 aliphatic rings. The molecule has 14 heavy (non-hydrogen) atoms. The molecule has 0 heterocycles. The van der Waals surface area contributed by atoms with Gasteiger partial charge in [0.25, 0.3) is 0 Å². The molecular formula is C9H9BrN2O2. The summed E-state index contributed by atoms with van der Waals surface area (Å²) >= 11 is 3.27. The second-order valence-corrected chi connectivity index (χ2v) is 3.53. The zero-order chi connectivity index (χ0) is 10.7. The smallest absolute Gasteiger partial charge is 0.315 e. The number of likely N-dealkylation sites (N-methyl/N-ethyl adjacent to an activating group) is 1. The van der Waals surface area contributed by atoms with Crippen molar-refractivity contribution in [1.29, 1.82) is 0 Å². The number of hydrogen-bond donors (Lipinski definition) is 1. The monoisotopic (exact) mass is 256 g/mol. The standard InChI is InChI=1S/C9H9BrN2O2/c1-12(9(14)8(11)13)7-5-3-2-4-6(7)10/h2-5H,1H3,(H2,11,13). The number of para-hydroxylation sites is 1. The summed E-state index contributed by atoms with van der Waals surface area (Å²) in [6, 6.07) is 7.08. The van der Waals surface area contributed by atoms with E-state index >= 15 is 0 Å². The minimum absolute atomic E-state index is 0.608. The molecule has 1 aromatic carbocycles. The van der Waals surface area contributed by atoms with Crippen molar-refractivity contribution in [2.24, 2.45) is 5.73 Å². The number of primary amides is 1. The number of nitrogens with two attached hydrogens (primary N) is 1. The lowest BCUT2D eigenvalue weighted by Gasteiger charge is -2.16. The molecule has 0 aromatic heterocycles. The van der Waals surface area contributed by atoms with Gasteiger partial charge in [-0.3, -0.25) is 9.59 Å². The topological polar surface area (TPSA) is 63.4 Å². The summed E-state index contributed by atoms with van der Waals surface area (Å²) in [5.74, 6) is -1.71. The summed E-state index contributed by atoms with van der Waals surface area (Å²) in [5, 5.41) is 0. The second kappa shape index (κ2) is 4.23. The molecule has 0 aliphatic carbocycles. The van der Waals surface area contributed by atoms with Gasteiger partial charge >= 0.3 is 11.8 Å². The number of carbonyl (C=O) groups is 2. The molecule has 0 unspecified atom stereocenters. The summed E-state index contributed by atoms with van der Waals surface area (Å²) in [5.41, 5.74) is 5.49. The Morgan fingerprint density at radius 1 is 1.36 bits per heavy atom. The maximum atomic E-state index is 11.2. The van der Waals surface area contributed by atoms with E-state index in [0.29, 0.717) is 5.69 Å². The van der Waals surface area contributed by atoms with Gasteiger partial charge in [-0.05, 0) is 28.1 Å². The molecule has 74 valence electrons. The lowest BCUT2D eigenvalue weighted by atomic mass is 10.3. The highest BCUT2D eigenvalue weighted by atomic mass is 79.9. The lowest BCUT2D eigenvalue weighted by Crippen LogP contribution is -2.37. The van der Waals surface area contributed by atoms with Gasteiger partial charge in [-0.25, -0.2) is 0 Å². The van der Waals surface area contributed by atoms with Crippen LogP contribution in [0.25, 0.3) is 0 Å². The third kappa shape index (κ3) is 2.11. The van der Waals surface area contributed by atoms with Gasteiger partial charge in [-0.15, -0.1) is 0 Å². The SMILES string of the molecule is CN(C(=O)C(N)=O)c1ccccc1Br. The number of carbonyl (C=O) groups excluding carboxylic acids is 2. The minimum atomic E-state index is -0.969. The van der Waals surface area contributed by atoms with E-state index in [1.165, 1.54) is 11.9 Å². The van der Waals surface area contributed by atoms with Gasteiger partial charge in [-0.1, -0.05) is 12.1 Å². The molecule has 0 spiro atoms. The third-order valence-corrected chi connectivity index (χ3v) is 2.40. The Morgan fingerprint density at radius 2 is 1.93 bits per heavy atom. The van der Waals surface area contributed by atoms with E-state index in [1.54, 1.807) is 18.2 Å². The molecule has 2 N–H and O–H groups in total. The second-order valence-electron chi connectivity index (χ2n) is 2.68. The Labute approximate surface area is 89.8 Å². The van der Waals surface area contributed by atoms with Gasteiger partial charge in [0.15, 0.2) is 0 Å². The van der Waals surface area contributed by atoms with Crippen LogP contribution >= 0.6 is 15.9 Å². The molecule has 0 atom stereocenters. The molecule has 0 aliphatic heterocycles. The Morgan fingerprint density at radius 3 is 2.43 bits per heavy atom. The number of amides is 2. The van der Waals surface area contributed by atoms with Crippen LogP contribution in [0.4, 0.5) is 5.69 Å². The molecule has 0 saturated carbocycles. The van der Waals surface area contributed by atoms with Crippen LogP contribution in [-0.2, 0) is 9.59 Å². The summed E-state index contributed by atoms with van der Waals surface area (Å²) < 4.78 is 0.733. The highest BCUT2D eigenvalue weighted by molar-refractivity contribution is 9.10. The van der Waals surface area contributed by atoms with Crippen molar-refractivity contribution in [1.82, 2.24) is 0 Å². The van der Waals surface area contributed by atoms with Gasteiger partial charge in [0.1, 0.15) is 0 Å². The summed E-state index contributed by atoms with van der Waals surface area (Å²) in [6.07, 6.45) is 0. The fourth-order valence-corrected chi connectivity index (χ4v) is 1.55. The largest absolute Gasteiger partial charge is 0.361 e. The number of halogens is 1. The van der Waals surface area contributed by atoms with Gasteiger partial charge in [-0.2, -0.15) is 0 Å². The summed E-state index contributed by atoms with van der Waals surface area (Å²) in [4.78, 5) is 23.1. The van der Waals surface area contributed by atoms with Gasteiger partial charge in [0.05, 0.1) is 5.69 Å². The highest BCUT2D eigenvalue weighted by Gasteiger charge is 2.17. The molecule has 1 rings (SSSR count). The Kier molecular flexibility index (Phi) is 3.24. The minimum Gasteiger partial charge on any atom is -0.361 e. The van der Waals surface area contributed by atoms with Crippen molar-refractivity contribution < 1.29 is 9.59 Å². The van der Waals surface area contributed by atoms with Crippen molar-refractivity contribution in [2.75, 3.05) is 11.9 Å². The molecule has 1 aromatic rings. The molecule has 0 bridgehead atoms. The average Bonchev–Trinajstić information content (AvgIpc) is 2.16. The molecule has 5 heteroatoms. The molecular weight excluding hydrogens is 248 g/mol. The van der Waals surface area contributed by atoms with Crippen molar-refractivity contribution in [3.8, 4) is 0 Å². The van der Waals surface area contributed by atoms with Crippen LogP contribution in [0.1, 0.15) is 0 Å². The number of benzene rings is 1. The number of anilines is 1. The lowest BCUT2D eigenvalue weighted by molar-refractivity contribution is -0.135. The molecule has 2 amide bonds. The Hall–Kier alpha value is -1.36. The van der Waals surface area contributed by atoms with Gasteiger partial charge < -0.3 is 10.6 Å². The van der Waals surface area contributed by atoms with Crippen LogP contribution in [0, 0.1) is 0 Å². The quantitative estimate of drug-likeness (QED) is 0.759. The van der Waals surface area contributed by atoms with Crippen LogP contribution in [0.2, 0.25) is 0 Å². The third-order valence-electron chi connectivity index (χ3n) is 1.73. The fraction of sp³-hybridized carbons (Fsp3) is 0.111. The van der Waals surface area contributed by atoms with E-state index in [9.17, 15) is 9.59 Å².